The Kier molecular flexibility index (Phi) is 7.94. The van der Waals surface area contributed by atoms with E-state index >= 15 is 0 Å². The fourth-order valence-corrected chi connectivity index (χ4v) is 10.3. The Morgan fingerprint density at radius 3 is 2.49 bits per heavy atom. The van der Waals surface area contributed by atoms with Crippen LogP contribution in [0.2, 0.25) is 0 Å². The summed E-state index contributed by atoms with van der Waals surface area (Å²) in [6, 6.07) is 0.522. The van der Waals surface area contributed by atoms with Crippen molar-refractivity contribution in [3.63, 3.8) is 0 Å². The number of rotatable bonds is 6. The number of nitrogens with zero attached hydrogens (tertiary/aromatic N) is 2. The molecule has 0 amide bonds. The number of ether oxygens (including phenoxy) is 1. The molecule has 0 aromatic heterocycles. The third-order valence-corrected chi connectivity index (χ3v) is 13.2. The first-order valence-corrected chi connectivity index (χ1v) is 16.1. The number of fused-ring (bicyclic) bond motifs is 2. The minimum absolute atomic E-state index is 0.000282. The van der Waals surface area contributed by atoms with E-state index in [0.29, 0.717) is 30.1 Å². The second-order valence-electron chi connectivity index (χ2n) is 15.3. The van der Waals surface area contributed by atoms with E-state index in [1.165, 1.54) is 37.7 Å². The molecule has 3 fully saturated rings. The molecule has 39 heavy (non-hydrogen) atoms. The summed E-state index contributed by atoms with van der Waals surface area (Å²) in [5.41, 5.74) is 1.22. The monoisotopic (exact) mass is 540 g/mol. The summed E-state index contributed by atoms with van der Waals surface area (Å²) in [4.78, 5) is 21.1. The predicted octanol–water partition coefficient (Wildman–Crippen LogP) is 6.69. The van der Waals surface area contributed by atoms with Gasteiger partial charge in [0.15, 0.2) is 5.90 Å². The first-order valence-electron chi connectivity index (χ1n) is 16.1. The van der Waals surface area contributed by atoms with Crippen LogP contribution in [-0.2, 0) is 9.53 Å². The number of carbonyl (C=O) groups excluding carboxylic acids is 1. The summed E-state index contributed by atoms with van der Waals surface area (Å²) in [5.74, 6) is 2.79. The van der Waals surface area contributed by atoms with Crippen LogP contribution in [-0.4, -0.2) is 60.6 Å². The smallest absolute Gasteiger partial charge is 0.186 e. The third-order valence-electron chi connectivity index (χ3n) is 13.2. The maximum atomic E-state index is 13.6. The average Bonchev–Trinajstić information content (AvgIpc) is 3.09. The number of aliphatic hydroxyl groups is 1. The number of allylic oxidation sites excluding steroid dienone is 1. The zero-order valence-corrected chi connectivity index (χ0v) is 26.1. The van der Waals surface area contributed by atoms with Gasteiger partial charge in [-0.2, -0.15) is 0 Å². The number of carbonyl (C=O) groups is 1. The van der Waals surface area contributed by atoms with Gasteiger partial charge in [-0.05, 0) is 89.1 Å². The molecule has 1 N–H and O–H groups in total. The van der Waals surface area contributed by atoms with Crippen LogP contribution in [0.15, 0.2) is 16.6 Å². The Labute approximate surface area is 238 Å². The maximum Gasteiger partial charge on any atom is 0.186 e. The van der Waals surface area contributed by atoms with Crippen LogP contribution in [0.3, 0.4) is 0 Å². The highest BCUT2D eigenvalue weighted by atomic mass is 16.5. The van der Waals surface area contributed by atoms with Gasteiger partial charge >= 0.3 is 0 Å². The Balaban J connectivity index is 1.38. The van der Waals surface area contributed by atoms with Crippen molar-refractivity contribution < 1.29 is 14.6 Å². The molecule has 5 nitrogen and oxygen atoms in total. The minimum atomic E-state index is -0.365. The molecule has 3 saturated carbocycles. The predicted molar refractivity (Wildman–Crippen MR) is 159 cm³/mol. The highest BCUT2D eigenvalue weighted by Gasteiger charge is 2.66. The van der Waals surface area contributed by atoms with Crippen molar-refractivity contribution in [3.8, 4) is 0 Å². The van der Waals surface area contributed by atoms with Crippen LogP contribution in [0, 0.1) is 45.8 Å². The molecule has 0 aromatic rings. The van der Waals surface area contributed by atoms with Crippen LogP contribution in [0.5, 0.6) is 0 Å². The molecular formula is C34H56N2O3. The van der Waals surface area contributed by atoms with E-state index in [1.54, 1.807) is 0 Å². The fourth-order valence-electron chi connectivity index (χ4n) is 10.3. The van der Waals surface area contributed by atoms with Crippen molar-refractivity contribution in [1.82, 2.24) is 4.90 Å². The molecule has 0 unspecified atom stereocenters. The van der Waals surface area contributed by atoms with Gasteiger partial charge in [0.25, 0.3) is 0 Å². The van der Waals surface area contributed by atoms with Crippen molar-refractivity contribution in [3.05, 3.63) is 11.6 Å². The van der Waals surface area contributed by atoms with Crippen molar-refractivity contribution in [2.75, 3.05) is 20.7 Å². The molecule has 220 valence electrons. The van der Waals surface area contributed by atoms with E-state index < -0.39 is 0 Å². The van der Waals surface area contributed by atoms with Crippen molar-refractivity contribution in [2.24, 2.45) is 50.8 Å². The van der Waals surface area contributed by atoms with Gasteiger partial charge in [0, 0.05) is 35.6 Å². The van der Waals surface area contributed by atoms with Crippen molar-refractivity contribution >= 4 is 11.7 Å². The summed E-state index contributed by atoms with van der Waals surface area (Å²) in [5, 5.41) is 11.5. The molecule has 10 atom stereocenters. The Bertz CT molecular complexity index is 998. The first-order chi connectivity index (χ1) is 18.3. The molecule has 1 aliphatic heterocycles. The van der Waals surface area contributed by atoms with Crippen LogP contribution in [0.1, 0.15) is 106 Å². The number of aliphatic hydroxyl groups excluding tert-OH is 1. The zero-order valence-electron chi connectivity index (χ0n) is 26.1. The van der Waals surface area contributed by atoms with Crippen molar-refractivity contribution in [2.45, 2.75) is 124 Å². The molecule has 0 aromatic carbocycles. The molecule has 5 rings (SSSR count). The molecule has 0 bridgehead atoms. The first kappa shape index (κ1) is 29.3. The van der Waals surface area contributed by atoms with Crippen LogP contribution < -0.4 is 0 Å². The van der Waals surface area contributed by atoms with Gasteiger partial charge in [-0.25, -0.2) is 0 Å². The Morgan fingerprint density at radius 1 is 1.13 bits per heavy atom. The third kappa shape index (κ3) is 4.66. The van der Waals surface area contributed by atoms with Crippen LogP contribution in [0.4, 0.5) is 0 Å². The summed E-state index contributed by atoms with van der Waals surface area (Å²) in [7, 11) is 4.20. The van der Waals surface area contributed by atoms with Gasteiger partial charge in [-0.1, -0.05) is 58.6 Å². The second kappa shape index (κ2) is 10.6. The van der Waals surface area contributed by atoms with Gasteiger partial charge in [0.2, 0.25) is 0 Å². The molecule has 0 radical (unpaired) electrons. The van der Waals surface area contributed by atoms with Gasteiger partial charge in [0.1, 0.15) is 5.78 Å². The maximum absolute atomic E-state index is 13.6. The summed E-state index contributed by atoms with van der Waals surface area (Å²) in [6.45, 7) is 14.6. The lowest BCUT2D eigenvalue weighted by Gasteiger charge is -2.56. The number of ketones is 1. The lowest BCUT2D eigenvalue weighted by molar-refractivity contribution is -0.146. The van der Waals surface area contributed by atoms with E-state index in [-0.39, 0.29) is 46.1 Å². The van der Waals surface area contributed by atoms with Gasteiger partial charge in [-0.3, -0.25) is 9.79 Å². The molecule has 0 saturated heterocycles. The number of aliphatic imine (C=N–C) groups is 1. The molecular weight excluding hydrogens is 484 g/mol. The Hall–Kier alpha value is -1.20. The standard InChI is InChI=1S/C34H56N2O3/c1-21-14-17-29-32(4,20-39-31(35-29)24-12-10-9-11-13-24)25(21)15-16-26-22(2)27(37)18-34(6)30(23(3)36(7)8)28(38)19-33(26,34)5/h14,22-26,28-30,38H,9-13,15-20H2,1-8H3/t22-,23+,25-,26-,28-,29+,30+,32+,33+,34-/m1/s1. The highest BCUT2D eigenvalue weighted by molar-refractivity contribution is 5.83. The minimum Gasteiger partial charge on any atom is -0.480 e. The normalized spacial score (nSPS) is 45.7. The lowest BCUT2D eigenvalue weighted by atomic mass is 9.48. The average molecular weight is 541 g/mol. The quantitative estimate of drug-likeness (QED) is 0.382. The highest BCUT2D eigenvalue weighted by Crippen LogP contribution is 2.67. The van der Waals surface area contributed by atoms with Gasteiger partial charge in [-0.15, -0.1) is 0 Å². The summed E-state index contributed by atoms with van der Waals surface area (Å²) in [6.07, 6.45) is 13.0. The largest absolute Gasteiger partial charge is 0.480 e. The van der Waals surface area contributed by atoms with Gasteiger partial charge < -0.3 is 14.7 Å². The van der Waals surface area contributed by atoms with Crippen molar-refractivity contribution in [1.29, 1.82) is 0 Å². The molecule has 4 aliphatic carbocycles. The summed E-state index contributed by atoms with van der Waals surface area (Å²) < 4.78 is 6.51. The molecule has 5 heteroatoms. The number of Topliss-reactive ketones (excluding diaryl/α,β-unsaturated/α-hetero) is 1. The lowest BCUT2D eigenvalue weighted by Crippen LogP contribution is -2.55. The van der Waals surface area contributed by atoms with E-state index in [0.717, 1.165) is 38.2 Å². The molecule has 1 heterocycles. The van der Waals surface area contributed by atoms with E-state index in [4.69, 9.17) is 9.73 Å². The Morgan fingerprint density at radius 2 is 1.82 bits per heavy atom. The number of hydrogen-bond acceptors (Lipinski definition) is 5. The van der Waals surface area contributed by atoms with Gasteiger partial charge in [0.05, 0.1) is 18.8 Å². The topological polar surface area (TPSA) is 62.1 Å². The van der Waals surface area contributed by atoms with E-state index in [2.05, 4.69) is 66.6 Å². The second-order valence-corrected chi connectivity index (χ2v) is 15.3. The molecule has 5 aliphatic rings. The fraction of sp³-hybridized carbons (Fsp3) is 0.882. The number of hydrogen-bond donors (Lipinski definition) is 1. The van der Waals surface area contributed by atoms with Crippen LogP contribution in [0.25, 0.3) is 0 Å². The van der Waals surface area contributed by atoms with Crippen LogP contribution >= 0.6 is 0 Å². The SMILES string of the molecule is CC1=CC[C@@H]2N=C(C3CCCCC3)OC[C@@]2(C)[C@@H]1CC[C@@H]1[C@@H](C)C(=O)C[C@]2(C)[C@@H]([C@H](C)N(C)C)[C@H](O)C[C@@]12C. The van der Waals surface area contributed by atoms with E-state index in [1.807, 2.05) is 0 Å². The zero-order chi connectivity index (χ0) is 28.3. The summed E-state index contributed by atoms with van der Waals surface area (Å²) >= 11 is 0. The van der Waals surface area contributed by atoms with E-state index in [9.17, 15) is 9.90 Å². The molecule has 0 spiro atoms.